The highest BCUT2D eigenvalue weighted by atomic mass is 32.2. The van der Waals surface area contributed by atoms with Crippen LogP contribution >= 0.6 is 0 Å². The normalized spacial score (nSPS) is 13.1. The van der Waals surface area contributed by atoms with E-state index in [9.17, 15) is 22.9 Å². The summed E-state index contributed by atoms with van der Waals surface area (Å²) in [7, 11) is -3.29. The topological polar surface area (TPSA) is 104 Å². The van der Waals surface area contributed by atoms with E-state index in [1.54, 1.807) is 36.4 Å². The Labute approximate surface area is 212 Å². The van der Waals surface area contributed by atoms with Crippen molar-refractivity contribution in [3.63, 3.8) is 0 Å². The number of nitriles is 1. The summed E-state index contributed by atoms with van der Waals surface area (Å²) in [6.45, 7) is 3.77. The Morgan fingerprint density at radius 2 is 1.42 bits per heavy atom. The van der Waals surface area contributed by atoms with Crippen molar-refractivity contribution in [2.75, 3.05) is 12.8 Å². The van der Waals surface area contributed by atoms with E-state index in [1.165, 1.54) is 17.0 Å². The van der Waals surface area contributed by atoms with Crippen molar-refractivity contribution in [2.24, 2.45) is 11.7 Å². The molecule has 3 aromatic carbocycles. The lowest BCUT2D eigenvalue weighted by Gasteiger charge is -2.33. The second-order valence-electron chi connectivity index (χ2n) is 9.23. The van der Waals surface area contributed by atoms with Gasteiger partial charge in [-0.25, -0.2) is 12.8 Å². The highest BCUT2D eigenvalue weighted by Gasteiger charge is 2.30. The number of sulfone groups is 1. The third-order valence-corrected chi connectivity index (χ3v) is 7.03. The molecule has 0 saturated carbocycles. The molecule has 0 heterocycles. The molecule has 0 aliphatic carbocycles. The molecule has 3 rings (SSSR count). The second kappa shape index (κ2) is 11.5. The largest absolute Gasteiger partial charge is 0.320 e. The van der Waals surface area contributed by atoms with E-state index in [1.807, 2.05) is 38.1 Å². The van der Waals surface area contributed by atoms with Gasteiger partial charge in [-0.3, -0.25) is 4.79 Å². The van der Waals surface area contributed by atoms with Gasteiger partial charge in [0.2, 0.25) is 5.91 Å². The van der Waals surface area contributed by atoms with Gasteiger partial charge in [-0.05, 0) is 58.9 Å². The molecule has 0 bridgehead atoms. The Kier molecular flexibility index (Phi) is 8.62. The first-order chi connectivity index (χ1) is 17.0. The lowest BCUT2D eigenvalue weighted by atomic mass is 9.93. The van der Waals surface area contributed by atoms with Crippen molar-refractivity contribution in [2.45, 2.75) is 37.2 Å². The van der Waals surface area contributed by atoms with E-state index in [4.69, 9.17) is 5.73 Å². The average molecular weight is 508 g/mol. The predicted molar refractivity (Wildman–Crippen MR) is 138 cm³/mol. The van der Waals surface area contributed by atoms with Crippen molar-refractivity contribution in [1.29, 1.82) is 5.26 Å². The number of benzene rings is 3. The first-order valence-corrected chi connectivity index (χ1v) is 13.5. The summed E-state index contributed by atoms with van der Waals surface area (Å²) in [5.74, 6) is -0.550. The number of carbonyl (C=O) groups is 1. The summed E-state index contributed by atoms with van der Waals surface area (Å²) in [5.41, 5.74) is 9.28. The van der Waals surface area contributed by atoms with E-state index < -0.39 is 27.7 Å². The standard InChI is InChI=1S/C28H30FN3O3S/c1-19(2)18-26(31)28(33)32(17-16-30)27(23-8-12-24(29)13-9-23)22-6-4-20(5-7-22)21-10-14-25(15-11-21)36(3,34)35/h4-15,19,26-27H,17-18,31H2,1-3H3/t26-,27-/m0/s1. The van der Waals surface area contributed by atoms with Crippen LogP contribution in [0.15, 0.2) is 77.7 Å². The van der Waals surface area contributed by atoms with Crippen LogP contribution in [0.2, 0.25) is 0 Å². The Morgan fingerprint density at radius 1 is 0.944 bits per heavy atom. The van der Waals surface area contributed by atoms with E-state index >= 15 is 0 Å². The Hall–Kier alpha value is -3.54. The van der Waals surface area contributed by atoms with Crippen LogP contribution in [-0.4, -0.2) is 38.1 Å². The monoisotopic (exact) mass is 507 g/mol. The molecule has 0 aromatic heterocycles. The molecule has 3 aromatic rings. The van der Waals surface area contributed by atoms with Crippen LogP contribution in [0.3, 0.4) is 0 Å². The molecule has 8 heteroatoms. The molecule has 188 valence electrons. The van der Waals surface area contributed by atoms with Crippen molar-refractivity contribution >= 4 is 15.7 Å². The zero-order valence-electron chi connectivity index (χ0n) is 20.6. The smallest absolute Gasteiger partial charge is 0.241 e. The van der Waals surface area contributed by atoms with E-state index in [0.29, 0.717) is 12.0 Å². The third-order valence-electron chi connectivity index (χ3n) is 5.91. The summed E-state index contributed by atoms with van der Waals surface area (Å²) in [4.78, 5) is 15.0. The van der Waals surface area contributed by atoms with Gasteiger partial charge in [-0.2, -0.15) is 5.26 Å². The van der Waals surface area contributed by atoms with Crippen LogP contribution in [0.1, 0.15) is 37.4 Å². The zero-order chi connectivity index (χ0) is 26.5. The van der Waals surface area contributed by atoms with Gasteiger partial charge in [-0.15, -0.1) is 0 Å². The first kappa shape index (κ1) is 27.1. The molecular formula is C28H30FN3O3S. The lowest BCUT2D eigenvalue weighted by Crippen LogP contribution is -2.46. The Bertz CT molecular complexity index is 1330. The number of amides is 1. The van der Waals surface area contributed by atoms with Gasteiger partial charge in [0, 0.05) is 6.26 Å². The van der Waals surface area contributed by atoms with Crippen LogP contribution in [0.5, 0.6) is 0 Å². The van der Waals surface area contributed by atoms with Crippen molar-refractivity contribution in [3.8, 4) is 17.2 Å². The van der Waals surface area contributed by atoms with E-state index in [0.717, 1.165) is 22.9 Å². The number of nitrogens with two attached hydrogens (primary N) is 1. The van der Waals surface area contributed by atoms with Gasteiger partial charge in [0.1, 0.15) is 12.4 Å². The molecule has 0 fully saturated rings. The Balaban J connectivity index is 2.02. The SMILES string of the molecule is CC(C)C[C@H](N)C(=O)N(CC#N)[C@H](c1ccc(F)cc1)c1ccc(-c2ccc(S(C)(=O)=O)cc2)cc1. The number of carbonyl (C=O) groups excluding carboxylic acids is 1. The fourth-order valence-corrected chi connectivity index (χ4v) is 4.77. The molecule has 1 amide bonds. The molecule has 36 heavy (non-hydrogen) atoms. The van der Waals surface area contributed by atoms with Gasteiger partial charge in [0.25, 0.3) is 0 Å². The summed E-state index contributed by atoms with van der Waals surface area (Å²) in [5, 5.41) is 9.52. The molecule has 2 atom stereocenters. The van der Waals surface area contributed by atoms with Gasteiger partial charge in [0.05, 0.1) is 23.0 Å². The quantitative estimate of drug-likeness (QED) is 0.422. The van der Waals surface area contributed by atoms with Gasteiger partial charge < -0.3 is 10.6 Å². The van der Waals surface area contributed by atoms with Gasteiger partial charge in [-0.1, -0.05) is 62.4 Å². The first-order valence-electron chi connectivity index (χ1n) is 11.6. The second-order valence-corrected chi connectivity index (χ2v) is 11.2. The van der Waals surface area contributed by atoms with Crippen molar-refractivity contribution < 1.29 is 17.6 Å². The molecule has 0 radical (unpaired) electrons. The zero-order valence-corrected chi connectivity index (χ0v) is 21.4. The van der Waals surface area contributed by atoms with Crippen LogP contribution in [-0.2, 0) is 14.6 Å². The molecule has 0 saturated heterocycles. The minimum Gasteiger partial charge on any atom is -0.320 e. The van der Waals surface area contributed by atoms with Crippen molar-refractivity contribution in [1.82, 2.24) is 4.90 Å². The number of hydrogen-bond donors (Lipinski definition) is 1. The summed E-state index contributed by atoms with van der Waals surface area (Å²) >= 11 is 0. The maximum absolute atomic E-state index is 13.7. The molecule has 6 nitrogen and oxygen atoms in total. The van der Waals surface area contributed by atoms with E-state index in [-0.39, 0.29) is 23.3 Å². The Morgan fingerprint density at radius 3 is 1.86 bits per heavy atom. The third kappa shape index (κ3) is 6.56. The maximum atomic E-state index is 13.7. The summed E-state index contributed by atoms with van der Waals surface area (Å²) in [6, 6.07) is 20.5. The molecule has 2 N–H and O–H groups in total. The fourth-order valence-electron chi connectivity index (χ4n) is 4.14. The fraction of sp³-hybridized carbons (Fsp3) is 0.286. The van der Waals surface area contributed by atoms with Gasteiger partial charge in [0.15, 0.2) is 9.84 Å². The average Bonchev–Trinajstić information content (AvgIpc) is 2.84. The molecule has 0 aliphatic heterocycles. The maximum Gasteiger partial charge on any atom is 0.241 e. The summed E-state index contributed by atoms with van der Waals surface area (Å²) in [6.07, 6.45) is 1.63. The highest BCUT2D eigenvalue weighted by Crippen LogP contribution is 2.32. The highest BCUT2D eigenvalue weighted by molar-refractivity contribution is 7.90. The van der Waals surface area contributed by atoms with Crippen LogP contribution in [0, 0.1) is 23.1 Å². The minimum absolute atomic E-state index is 0.179. The van der Waals surface area contributed by atoms with Crippen molar-refractivity contribution in [3.05, 3.63) is 89.7 Å². The lowest BCUT2D eigenvalue weighted by molar-refractivity contribution is -0.134. The number of nitrogens with zero attached hydrogens (tertiary/aromatic N) is 2. The molecule has 0 spiro atoms. The van der Waals surface area contributed by atoms with E-state index in [2.05, 4.69) is 6.07 Å². The number of hydrogen-bond acceptors (Lipinski definition) is 5. The summed E-state index contributed by atoms with van der Waals surface area (Å²) < 4.78 is 37.2. The minimum atomic E-state index is -3.29. The number of halogens is 1. The molecular weight excluding hydrogens is 477 g/mol. The van der Waals surface area contributed by atoms with Crippen LogP contribution < -0.4 is 5.73 Å². The molecule has 0 aliphatic rings. The van der Waals surface area contributed by atoms with Crippen LogP contribution in [0.4, 0.5) is 4.39 Å². The van der Waals surface area contributed by atoms with Gasteiger partial charge >= 0.3 is 0 Å². The predicted octanol–water partition coefficient (Wildman–Crippen LogP) is 4.71. The van der Waals surface area contributed by atoms with Crippen LogP contribution in [0.25, 0.3) is 11.1 Å². The number of rotatable bonds is 9. The molecule has 0 unspecified atom stereocenters.